The molecule has 0 saturated carbocycles. The molecule has 0 aliphatic heterocycles. The summed E-state index contributed by atoms with van der Waals surface area (Å²) in [5.41, 5.74) is 2.87. The number of nitrogens with zero attached hydrogens (tertiary/aromatic N) is 2. The van der Waals surface area contributed by atoms with E-state index in [0.717, 1.165) is 11.3 Å². The number of anilines is 1. The first-order chi connectivity index (χ1) is 12.5. The number of nitrogens with one attached hydrogen (secondary N) is 2. The van der Waals surface area contributed by atoms with Crippen molar-refractivity contribution in [3.05, 3.63) is 59.7 Å². The monoisotopic (exact) mass is 362 g/mol. The third kappa shape index (κ3) is 5.91. The first kappa shape index (κ1) is 19.5. The van der Waals surface area contributed by atoms with Gasteiger partial charge in [0.2, 0.25) is 0 Å². The number of para-hydroxylation sites is 1. The number of rotatable bonds is 7. The first-order valence-corrected chi connectivity index (χ1v) is 8.23. The number of hydrogen-bond donors (Lipinski definition) is 2. The molecule has 2 aromatic carbocycles. The molecule has 2 aromatic rings. The van der Waals surface area contributed by atoms with Crippen LogP contribution >= 0.6 is 0 Å². The highest BCUT2D eigenvalue weighted by atomic mass is 19.3. The summed E-state index contributed by atoms with van der Waals surface area (Å²) in [6.07, 6.45) is 0. The van der Waals surface area contributed by atoms with Crippen LogP contribution in [0.5, 0.6) is 5.75 Å². The smallest absolute Gasteiger partial charge is 0.387 e. The molecule has 26 heavy (non-hydrogen) atoms. The van der Waals surface area contributed by atoms with Crippen LogP contribution in [0.25, 0.3) is 0 Å². The zero-order chi connectivity index (χ0) is 18.9. The standard InChI is InChI=1S/C19H24F2N4O/c1-22-19(23-12-14-8-10-16(11-9-14)25(2)3)24-13-15-6-4-5-7-17(15)26-18(20)21/h4-11,18H,12-13H2,1-3H3,(H2,22,23,24). The van der Waals surface area contributed by atoms with Crippen LogP contribution in [0.2, 0.25) is 0 Å². The molecule has 0 saturated heterocycles. The molecule has 0 amide bonds. The van der Waals surface area contributed by atoms with Crippen LogP contribution in [0.15, 0.2) is 53.5 Å². The van der Waals surface area contributed by atoms with Gasteiger partial charge in [0.25, 0.3) is 0 Å². The van der Waals surface area contributed by atoms with Gasteiger partial charge in [-0.3, -0.25) is 4.99 Å². The average molecular weight is 362 g/mol. The predicted octanol–water partition coefficient (Wildman–Crippen LogP) is 3.22. The molecular weight excluding hydrogens is 338 g/mol. The first-order valence-electron chi connectivity index (χ1n) is 8.23. The van der Waals surface area contributed by atoms with Crippen LogP contribution in [0.1, 0.15) is 11.1 Å². The Hall–Kier alpha value is -2.83. The second-order valence-electron chi connectivity index (χ2n) is 5.83. The van der Waals surface area contributed by atoms with Gasteiger partial charge < -0.3 is 20.3 Å². The van der Waals surface area contributed by atoms with Crippen molar-refractivity contribution in [1.82, 2.24) is 10.6 Å². The second kappa shape index (κ2) is 9.60. The van der Waals surface area contributed by atoms with Gasteiger partial charge in [-0.1, -0.05) is 30.3 Å². The fourth-order valence-corrected chi connectivity index (χ4v) is 2.36. The Morgan fingerprint density at radius 2 is 1.69 bits per heavy atom. The summed E-state index contributed by atoms with van der Waals surface area (Å²) >= 11 is 0. The Bertz CT molecular complexity index is 718. The minimum absolute atomic E-state index is 0.157. The van der Waals surface area contributed by atoms with Crippen LogP contribution in [0.3, 0.4) is 0 Å². The van der Waals surface area contributed by atoms with Crippen molar-refractivity contribution in [2.75, 3.05) is 26.0 Å². The van der Waals surface area contributed by atoms with Crippen molar-refractivity contribution in [2.45, 2.75) is 19.7 Å². The molecule has 0 fully saturated rings. The van der Waals surface area contributed by atoms with Gasteiger partial charge in [0.15, 0.2) is 5.96 Å². The molecule has 0 bridgehead atoms. The predicted molar refractivity (Wildman–Crippen MR) is 101 cm³/mol. The maximum absolute atomic E-state index is 12.5. The van der Waals surface area contributed by atoms with E-state index >= 15 is 0 Å². The van der Waals surface area contributed by atoms with Gasteiger partial charge in [-0.25, -0.2) is 0 Å². The van der Waals surface area contributed by atoms with Crippen molar-refractivity contribution >= 4 is 11.6 Å². The third-order valence-electron chi connectivity index (χ3n) is 3.77. The number of guanidine groups is 1. The van der Waals surface area contributed by atoms with E-state index in [-0.39, 0.29) is 5.75 Å². The van der Waals surface area contributed by atoms with Crippen molar-refractivity contribution in [3.63, 3.8) is 0 Å². The Balaban J connectivity index is 1.90. The van der Waals surface area contributed by atoms with Crippen molar-refractivity contribution in [1.29, 1.82) is 0 Å². The summed E-state index contributed by atoms with van der Waals surface area (Å²) in [6.45, 7) is -1.93. The van der Waals surface area contributed by atoms with Crippen LogP contribution < -0.4 is 20.3 Å². The van der Waals surface area contributed by atoms with E-state index in [2.05, 4.69) is 20.4 Å². The lowest BCUT2D eigenvalue weighted by Crippen LogP contribution is -2.36. The topological polar surface area (TPSA) is 48.9 Å². The number of halogens is 2. The lowest BCUT2D eigenvalue weighted by molar-refractivity contribution is -0.0504. The van der Waals surface area contributed by atoms with Crippen LogP contribution in [-0.4, -0.2) is 33.7 Å². The molecule has 0 aromatic heterocycles. The van der Waals surface area contributed by atoms with Gasteiger partial charge >= 0.3 is 6.61 Å². The Morgan fingerprint density at radius 3 is 2.31 bits per heavy atom. The van der Waals surface area contributed by atoms with Gasteiger partial charge in [-0.05, 0) is 23.8 Å². The molecule has 0 atom stereocenters. The molecule has 0 heterocycles. The van der Waals surface area contributed by atoms with Crippen molar-refractivity contribution in [2.24, 2.45) is 4.99 Å². The minimum Gasteiger partial charge on any atom is -0.434 e. The van der Waals surface area contributed by atoms with Gasteiger partial charge in [0.1, 0.15) is 5.75 Å². The second-order valence-corrected chi connectivity index (χ2v) is 5.83. The number of benzene rings is 2. The average Bonchev–Trinajstić information content (AvgIpc) is 2.63. The molecule has 140 valence electrons. The van der Waals surface area contributed by atoms with E-state index in [1.807, 2.05) is 43.3 Å². The molecule has 2 N–H and O–H groups in total. The minimum atomic E-state index is -2.85. The fourth-order valence-electron chi connectivity index (χ4n) is 2.36. The lowest BCUT2D eigenvalue weighted by atomic mass is 10.2. The Morgan fingerprint density at radius 1 is 1.04 bits per heavy atom. The van der Waals surface area contributed by atoms with E-state index in [1.165, 1.54) is 6.07 Å². The summed E-state index contributed by atoms with van der Waals surface area (Å²) in [4.78, 5) is 6.19. The highest BCUT2D eigenvalue weighted by Crippen LogP contribution is 2.19. The highest BCUT2D eigenvalue weighted by Gasteiger charge is 2.09. The van der Waals surface area contributed by atoms with Crippen LogP contribution in [0, 0.1) is 0 Å². The summed E-state index contributed by atoms with van der Waals surface area (Å²) in [7, 11) is 5.65. The van der Waals surface area contributed by atoms with Gasteiger partial charge in [0.05, 0.1) is 0 Å². The van der Waals surface area contributed by atoms with E-state index in [0.29, 0.717) is 24.6 Å². The highest BCUT2D eigenvalue weighted by molar-refractivity contribution is 5.79. The van der Waals surface area contributed by atoms with Gasteiger partial charge in [-0.2, -0.15) is 8.78 Å². The van der Waals surface area contributed by atoms with Gasteiger partial charge in [0, 0.05) is 45.5 Å². The molecule has 0 aliphatic rings. The summed E-state index contributed by atoms with van der Waals surface area (Å²) in [5, 5.41) is 6.31. The largest absolute Gasteiger partial charge is 0.434 e. The van der Waals surface area contributed by atoms with E-state index in [1.54, 1.807) is 25.2 Å². The maximum Gasteiger partial charge on any atom is 0.387 e. The molecule has 0 radical (unpaired) electrons. The number of ether oxygens (including phenoxy) is 1. The van der Waals surface area contributed by atoms with E-state index in [4.69, 9.17) is 0 Å². The molecular formula is C19H24F2N4O. The molecule has 0 aliphatic carbocycles. The van der Waals surface area contributed by atoms with Crippen molar-refractivity contribution in [3.8, 4) is 5.75 Å². The molecule has 2 rings (SSSR count). The van der Waals surface area contributed by atoms with Gasteiger partial charge in [-0.15, -0.1) is 0 Å². The SMILES string of the molecule is CN=C(NCc1ccc(N(C)C)cc1)NCc1ccccc1OC(F)F. The maximum atomic E-state index is 12.5. The Kier molecular flexibility index (Phi) is 7.20. The molecule has 0 unspecified atom stereocenters. The van der Waals surface area contributed by atoms with E-state index < -0.39 is 6.61 Å². The Labute approximate surface area is 152 Å². The molecule has 5 nitrogen and oxygen atoms in total. The number of hydrogen-bond acceptors (Lipinski definition) is 3. The molecule has 7 heteroatoms. The zero-order valence-corrected chi connectivity index (χ0v) is 15.2. The fraction of sp³-hybridized carbons (Fsp3) is 0.316. The third-order valence-corrected chi connectivity index (χ3v) is 3.77. The van der Waals surface area contributed by atoms with Crippen LogP contribution in [-0.2, 0) is 13.1 Å². The van der Waals surface area contributed by atoms with Crippen molar-refractivity contribution < 1.29 is 13.5 Å². The summed E-state index contributed by atoms with van der Waals surface area (Å²) < 4.78 is 29.5. The van der Waals surface area contributed by atoms with Crippen LogP contribution in [0.4, 0.5) is 14.5 Å². The summed E-state index contributed by atoms with van der Waals surface area (Å²) in [6, 6.07) is 14.9. The normalized spacial score (nSPS) is 11.4. The lowest BCUT2D eigenvalue weighted by Gasteiger charge is -2.15. The quantitative estimate of drug-likeness (QED) is 0.587. The number of aliphatic imine (C=N–C) groups is 1. The van der Waals surface area contributed by atoms with E-state index in [9.17, 15) is 8.78 Å². The zero-order valence-electron chi connectivity index (χ0n) is 15.2. The number of alkyl halides is 2. The summed E-state index contributed by atoms with van der Waals surface area (Å²) in [5.74, 6) is 0.735. The molecule has 0 spiro atoms.